The van der Waals surface area contributed by atoms with Crippen LogP contribution >= 0.6 is 0 Å². The summed E-state index contributed by atoms with van der Waals surface area (Å²) in [6.45, 7) is 3.91. The molecule has 2 atom stereocenters. The number of nitrogens with zero attached hydrogens (tertiary/aromatic N) is 2. The molecule has 0 spiro atoms. The number of aliphatic hydroxyl groups excluding tert-OH is 3. The van der Waals surface area contributed by atoms with Crippen molar-refractivity contribution in [1.82, 2.24) is 4.90 Å². The summed E-state index contributed by atoms with van der Waals surface area (Å²) in [5, 5.41) is 29.2. The molecule has 5 heteroatoms. The van der Waals surface area contributed by atoms with Gasteiger partial charge in [-0.1, -0.05) is 18.2 Å². The molecule has 0 saturated carbocycles. The molecular weight excluding hydrogens is 280 g/mol. The van der Waals surface area contributed by atoms with Crippen LogP contribution in [0.1, 0.15) is 12.8 Å². The molecule has 5 nitrogen and oxygen atoms in total. The summed E-state index contributed by atoms with van der Waals surface area (Å²) < 4.78 is 0. The highest BCUT2D eigenvalue weighted by Crippen LogP contribution is 2.24. The van der Waals surface area contributed by atoms with E-state index in [1.54, 1.807) is 0 Å². The fourth-order valence-corrected chi connectivity index (χ4v) is 3.60. The molecule has 0 radical (unpaired) electrons. The highest BCUT2D eigenvalue weighted by atomic mass is 16.4. The number of β-amino-alcohol motifs (C(OH)–C–C–N with tert-alkyl or cyclic N) is 2. The second kappa shape index (κ2) is 6.96. The van der Waals surface area contributed by atoms with Crippen molar-refractivity contribution in [3.8, 4) is 0 Å². The molecule has 0 bridgehead atoms. The average molecular weight is 306 g/mol. The van der Waals surface area contributed by atoms with Crippen LogP contribution in [0.25, 0.3) is 0 Å². The molecule has 3 N–H and O–H groups in total. The van der Waals surface area contributed by atoms with Crippen molar-refractivity contribution in [2.75, 3.05) is 37.6 Å². The number of para-hydroxylation sites is 1. The molecule has 0 aromatic heterocycles. The molecule has 2 aliphatic rings. The number of benzene rings is 1. The van der Waals surface area contributed by atoms with E-state index in [9.17, 15) is 15.3 Å². The fraction of sp³-hybridized carbons (Fsp3) is 0.647. The van der Waals surface area contributed by atoms with Gasteiger partial charge in [-0.05, 0) is 30.9 Å². The molecule has 2 heterocycles. The number of piperidine rings is 2. The van der Waals surface area contributed by atoms with Crippen LogP contribution in [-0.4, -0.2) is 71.3 Å². The zero-order chi connectivity index (χ0) is 15.5. The predicted molar refractivity (Wildman–Crippen MR) is 85.8 cm³/mol. The van der Waals surface area contributed by atoms with Gasteiger partial charge in [-0.25, -0.2) is 0 Å². The monoisotopic (exact) mass is 306 g/mol. The van der Waals surface area contributed by atoms with Crippen LogP contribution in [0.4, 0.5) is 5.69 Å². The first-order valence-corrected chi connectivity index (χ1v) is 8.20. The highest BCUT2D eigenvalue weighted by molar-refractivity contribution is 5.46. The van der Waals surface area contributed by atoms with Gasteiger partial charge in [0.2, 0.25) is 0 Å². The maximum atomic E-state index is 9.78. The SMILES string of the molecule is OC1CN(CC2CCN(c3ccccc3)CC2)CC(O)C1O. The lowest BCUT2D eigenvalue weighted by atomic mass is 9.93. The van der Waals surface area contributed by atoms with E-state index in [0.29, 0.717) is 19.0 Å². The Labute approximate surface area is 131 Å². The van der Waals surface area contributed by atoms with Gasteiger partial charge in [0.15, 0.2) is 0 Å². The summed E-state index contributed by atoms with van der Waals surface area (Å²) in [4.78, 5) is 4.51. The smallest absolute Gasteiger partial charge is 0.108 e. The van der Waals surface area contributed by atoms with E-state index in [1.807, 2.05) is 6.07 Å². The summed E-state index contributed by atoms with van der Waals surface area (Å²) in [5.74, 6) is 0.592. The lowest BCUT2D eigenvalue weighted by molar-refractivity contribution is -0.112. The van der Waals surface area contributed by atoms with E-state index in [0.717, 1.165) is 32.5 Å². The molecule has 22 heavy (non-hydrogen) atoms. The van der Waals surface area contributed by atoms with E-state index in [-0.39, 0.29) is 0 Å². The minimum atomic E-state index is -1.00. The first-order valence-electron chi connectivity index (χ1n) is 8.20. The molecule has 0 aliphatic carbocycles. The Kier molecular flexibility index (Phi) is 4.98. The van der Waals surface area contributed by atoms with Crippen molar-refractivity contribution in [3.05, 3.63) is 30.3 Å². The molecule has 2 unspecified atom stereocenters. The van der Waals surface area contributed by atoms with E-state index in [2.05, 4.69) is 34.1 Å². The normalized spacial score (nSPS) is 31.4. The van der Waals surface area contributed by atoms with Gasteiger partial charge in [-0.15, -0.1) is 0 Å². The van der Waals surface area contributed by atoms with Gasteiger partial charge < -0.3 is 20.2 Å². The Morgan fingerprint density at radius 3 is 2.09 bits per heavy atom. The number of rotatable bonds is 3. The third kappa shape index (κ3) is 3.60. The van der Waals surface area contributed by atoms with Crippen LogP contribution in [0.5, 0.6) is 0 Å². The Balaban J connectivity index is 1.48. The number of aliphatic hydroxyl groups is 3. The summed E-state index contributed by atoms with van der Waals surface area (Å²) in [6.07, 6.45) is -0.433. The van der Waals surface area contributed by atoms with Gasteiger partial charge in [0.05, 0.1) is 12.2 Å². The Morgan fingerprint density at radius 2 is 1.50 bits per heavy atom. The van der Waals surface area contributed by atoms with Gasteiger partial charge in [0.25, 0.3) is 0 Å². The van der Waals surface area contributed by atoms with Crippen molar-refractivity contribution >= 4 is 5.69 Å². The Morgan fingerprint density at radius 1 is 0.909 bits per heavy atom. The van der Waals surface area contributed by atoms with Crippen molar-refractivity contribution in [2.24, 2.45) is 5.92 Å². The number of anilines is 1. The molecule has 122 valence electrons. The van der Waals surface area contributed by atoms with E-state index in [4.69, 9.17) is 0 Å². The third-order valence-electron chi connectivity index (χ3n) is 4.93. The Hall–Kier alpha value is -1.14. The average Bonchev–Trinajstić information content (AvgIpc) is 2.54. The van der Waals surface area contributed by atoms with Crippen LogP contribution in [0.3, 0.4) is 0 Å². The summed E-state index contributed by atoms with van der Waals surface area (Å²) in [6, 6.07) is 10.5. The Bertz CT molecular complexity index is 450. The fourth-order valence-electron chi connectivity index (χ4n) is 3.60. The molecule has 2 fully saturated rings. The second-order valence-electron chi connectivity index (χ2n) is 6.61. The second-order valence-corrected chi connectivity index (χ2v) is 6.61. The maximum Gasteiger partial charge on any atom is 0.108 e. The van der Waals surface area contributed by atoms with E-state index in [1.165, 1.54) is 5.69 Å². The molecule has 2 aliphatic heterocycles. The topological polar surface area (TPSA) is 67.2 Å². The highest BCUT2D eigenvalue weighted by Gasteiger charge is 2.34. The standard InChI is InChI=1S/C17H26N2O3/c20-15-11-18(12-16(21)17(15)22)10-13-6-8-19(9-7-13)14-4-2-1-3-5-14/h1-5,13,15-17,20-22H,6-12H2. The van der Waals surface area contributed by atoms with E-state index < -0.39 is 18.3 Å². The largest absolute Gasteiger partial charge is 0.389 e. The van der Waals surface area contributed by atoms with Gasteiger partial charge in [-0.2, -0.15) is 0 Å². The van der Waals surface area contributed by atoms with Gasteiger partial charge in [0.1, 0.15) is 6.10 Å². The molecule has 0 amide bonds. The number of hydrogen-bond acceptors (Lipinski definition) is 5. The van der Waals surface area contributed by atoms with Crippen LogP contribution in [0.2, 0.25) is 0 Å². The van der Waals surface area contributed by atoms with Crippen molar-refractivity contribution < 1.29 is 15.3 Å². The summed E-state index contributed by atoms with van der Waals surface area (Å²) in [7, 11) is 0. The number of hydrogen-bond donors (Lipinski definition) is 3. The first-order chi connectivity index (χ1) is 10.6. The molecular formula is C17H26N2O3. The van der Waals surface area contributed by atoms with E-state index >= 15 is 0 Å². The first kappa shape index (κ1) is 15.7. The zero-order valence-electron chi connectivity index (χ0n) is 12.9. The van der Waals surface area contributed by atoms with Gasteiger partial charge >= 0.3 is 0 Å². The minimum absolute atomic E-state index is 0.455. The van der Waals surface area contributed by atoms with Crippen LogP contribution in [0.15, 0.2) is 30.3 Å². The van der Waals surface area contributed by atoms with Gasteiger partial charge in [0, 0.05) is 38.4 Å². The molecule has 1 aromatic rings. The van der Waals surface area contributed by atoms with Crippen molar-refractivity contribution in [3.63, 3.8) is 0 Å². The predicted octanol–water partition coefficient (Wildman–Crippen LogP) is 0.301. The van der Waals surface area contributed by atoms with Crippen LogP contribution in [-0.2, 0) is 0 Å². The quantitative estimate of drug-likeness (QED) is 0.749. The molecule has 3 rings (SSSR count). The maximum absolute atomic E-state index is 9.78. The van der Waals surface area contributed by atoms with Crippen molar-refractivity contribution in [1.29, 1.82) is 0 Å². The lowest BCUT2D eigenvalue weighted by Crippen LogP contribution is -2.56. The minimum Gasteiger partial charge on any atom is -0.389 e. The van der Waals surface area contributed by atoms with Crippen LogP contribution in [0, 0.1) is 5.92 Å². The number of likely N-dealkylation sites (tertiary alicyclic amines) is 1. The van der Waals surface area contributed by atoms with Crippen molar-refractivity contribution in [2.45, 2.75) is 31.2 Å². The molecule has 2 saturated heterocycles. The van der Waals surface area contributed by atoms with Gasteiger partial charge in [-0.3, -0.25) is 4.90 Å². The summed E-state index contributed by atoms with van der Waals surface area (Å²) in [5.41, 5.74) is 1.29. The molecule has 1 aromatic carbocycles. The zero-order valence-corrected chi connectivity index (χ0v) is 12.9. The summed E-state index contributed by atoms with van der Waals surface area (Å²) >= 11 is 0. The third-order valence-corrected chi connectivity index (χ3v) is 4.93. The van der Waals surface area contributed by atoms with Crippen LogP contribution < -0.4 is 4.90 Å². The lowest BCUT2D eigenvalue weighted by Gasteiger charge is -2.40.